The molecule has 4 aromatic carbocycles. The molecule has 6 aliphatic rings. The molecule has 0 aliphatic carbocycles. The average molecular weight is 1280 g/mol. The zero-order valence-corrected chi connectivity index (χ0v) is 49.8. The van der Waals surface area contributed by atoms with Gasteiger partial charge in [-0.3, -0.25) is 0 Å². The number of benzene rings is 4. The van der Waals surface area contributed by atoms with E-state index in [2.05, 4.69) is 0 Å². The van der Waals surface area contributed by atoms with Crippen molar-refractivity contribution in [3.05, 3.63) is 116 Å². The quantitative estimate of drug-likeness (QED) is 0.0599. The number of fused-ring (bicyclic) bond motifs is 4. The summed E-state index contributed by atoms with van der Waals surface area (Å²) in [6.45, 7) is 14.5. The van der Waals surface area contributed by atoms with E-state index in [-0.39, 0.29) is 15.7 Å². The van der Waals surface area contributed by atoms with E-state index in [0.29, 0.717) is 120 Å². The second-order valence-electron chi connectivity index (χ2n) is 25.9. The summed E-state index contributed by atoms with van der Waals surface area (Å²) in [6.07, 6.45) is -21.8. The van der Waals surface area contributed by atoms with Crippen LogP contribution in [0.15, 0.2) is 48.5 Å². The summed E-state index contributed by atoms with van der Waals surface area (Å²) < 4.78 is 244. The Morgan fingerprint density at radius 3 is 0.886 bits per heavy atom. The van der Waals surface area contributed by atoms with E-state index < -0.39 is 130 Å². The first kappa shape index (κ1) is 70.1. The number of epoxide rings is 2. The molecule has 0 aromatic heterocycles. The highest BCUT2D eigenvalue weighted by Crippen LogP contribution is 2.57. The van der Waals surface area contributed by atoms with Crippen LogP contribution in [0.2, 0.25) is 0 Å². The number of nitrogens with two attached hydrogens (primary N) is 3. The van der Waals surface area contributed by atoms with E-state index in [9.17, 15) is 80.5 Å². The minimum Gasteiger partial charge on any atom is -0.493 e. The van der Waals surface area contributed by atoms with Gasteiger partial charge in [-0.2, -0.15) is 52.7 Å². The summed E-state index contributed by atoms with van der Waals surface area (Å²) in [5.74, 6) is -0.158. The molecule has 0 amide bonds. The molecule has 10 rings (SSSR count). The Morgan fingerprint density at radius 2 is 0.682 bits per heavy atom. The van der Waals surface area contributed by atoms with Crippen LogP contribution in [0.25, 0.3) is 0 Å². The van der Waals surface area contributed by atoms with Crippen molar-refractivity contribution in [1.82, 2.24) is 0 Å². The molecule has 88 heavy (non-hydrogen) atoms. The first-order chi connectivity index (χ1) is 40.1. The van der Waals surface area contributed by atoms with Crippen LogP contribution >= 0.6 is 0 Å². The lowest BCUT2D eigenvalue weighted by Crippen LogP contribution is -2.54. The van der Waals surface area contributed by atoms with Crippen molar-refractivity contribution >= 4 is 0 Å². The summed E-state index contributed by atoms with van der Waals surface area (Å²) in [4.78, 5) is 0. The van der Waals surface area contributed by atoms with Crippen molar-refractivity contribution in [2.75, 3.05) is 33.0 Å². The van der Waals surface area contributed by atoms with Crippen LogP contribution in [0.4, 0.5) is 70.2 Å². The molecule has 496 valence electrons. The molecule has 0 radical (unpaired) electrons. The SMILES string of the molecule is CC(C)(C[C@@]1(C(F)(F)F)O[C@@H]1N)c1cc(F)cc2c1OCC2.CC(C)(C[C@](O)(CN)C(F)(F)F)c1cc(F)cc2c1OCC2.CC(C)(C[C@]1(C(F)(F)F)O[C@H]1N)c1cc(F)cc2c1OCC2.CC[C@](O)(CC(C)(C)c1cc(F)cc2c1OCC2)C(F)(F)F.[HH].[HH]. The molecular formula is C61H77F16N3O8. The van der Waals surface area contributed by atoms with Crippen LogP contribution in [0.5, 0.6) is 23.0 Å². The normalized spacial score (nSPS) is 22.7. The lowest BCUT2D eigenvalue weighted by Gasteiger charge is -2.37. The van der Waals surface area contributed by atoms with E-state index in [0.717, 1.165) is 6.07 Å². The molecule has 4 aromatic rings. The number of rotatable bonds is 14. The number of halogens is 16. The average Bonchev–Trinajstić information content (AvgIpc) is 1.74. The Bertz CT molecular complexity index is 2820. The summed E-state index contributed by atoms with van der Waals surface area (Å²) in [5.41, 5.74) is 5.25. The van der Waals surface area contributed by atoms with Crippen LogP contribution in [0.3, 0.4) is 0 Å². The minimum atomic E-state index is -4.86. The molecule has 0 unspecified atom stereocenters. The van der Waals surface area contributed by atoms with Gasteiger partial charge in [0.05, 0.1) is 26.4 Å². The van der Waals surface area contributed by atoms with Gasteiger partial charge in [-0.05, 0) is 102 Å². The second-order valence-corrected chi connectivity index (χ2v) is 25.9. The van der Waals surface area contributed by atoms with Crippen molar-refractivity contribution in [2.24, 2.45) is 17.2 Å². The molecular weight excluding hydrogens is 1210 g/mol. The fourth-order valence-corrected chi connectivity index (χ4v) is 12.3. The van der Waals surface area contributed by atoms with E-state index in [1.54, 1.807) is 41.5 Å². The van der Waals surface area contributed by atoms with Gasteiger partial charge in [0.2, 0.25) is 11.2 Å². The number of hydrogen-bond donors (Lipinski definition) is 5. The first-order valence-electron chi connectivity index (χ1n) is 28.2. The molecule has 0 spiro atoms. The van der Waals surface area contributed by atoms with Crippen LogP contribution in [0.1, 0.15) is 142 Å². The standard InChI is InChI=1S/C16H20F4O2.2C15H17F4NO2.C15H19F4NO2.2H2/c1-4-15(21,16(18,19)20)9-14(2,3)12-8-11(17)7-10-5-6-22-13(10)12;2*1-13(2,7-14(12(20)22-14)15(17,18)19)10-6-9(16)5-8-3-4-21-11(8)10;1-13(2,7-14(21,8-20)15(17,18)19)11-6-10(16)5-9-3-4-22-12(9)11;;/h7-8,21H,4-6,9H2,1-3H3;2*5-6,12H,3-4,7,20H2,1-2H3;5-6,21H,3-4,7-8,20H2,1-2H3;2*1H/t15-;2*12-,14+;14-;;/m0100../s1. The van der Waals surface area contributed by atoms with Gasteiger partial charge in [-0.15, -0.1) is 0 Å². The molecule has 8 N–H and O–H groups in total. The van der Waals surface area contributed by atoms with Crippen LogP contribution in [-0.2, 0) is 56.8 Å². The molecule has 27 heteroatoms. The molecule has 6 heterocycles. The van der Waals surface area contributed by atoms with Crippen LogP contribution in [-0.4, -0.2) is 103 Å². The van der Waals surface area contributed by atoms with Crippen molar-refractivity contribution < 1.29 is 112 Å². The van der Waals surface area contributed by atoms with E-state index in [1.165, 1.54) is 63.2 Å². The highest BCUT2D eigenvalue weighted by Gasteiger charge is 2.74. The summed E-state index contributed by atoms with van der Waals surface area (Å²) >= 11 is 0. The maximum Gasteiger partial charge on any atom is 0.421 e. The predicted octanol–water partition coefficient (Wildman–Crippen LogP) is 13.4. The van der Waals surface area contributed by atoms with Crippen molar-refractivity contribution in [1.29, 1.82) is 0 Å². The van der Waals surface area contributed by atoms with Gasteiger partial charge in [-0.25, -0.2) is 17.6 Å². The largest absolute Gasteiger partial charge is 0.493 e. The monoisotopic (exact) mass is 1280 g/mol. The topological polar surface area (TPSA) is 180 Å². The van der Waals surface area contributed by atoms with E-state index in [4.69, 9.17) is 45.6 Å². The maximum absolute atomic E-state index is 13.8. The Morgan fingerprint density at radius 1 is 0.443 bits per heavy atom. The van der Waals surface area contributed by atoms with Gasteiger partial charge >= 0.3 is 24.7 Å². The fraction of sp³-hybridized carbons (Fsp3) is 0.607. The lowest BCUT2D eigenvalue weighted by molar-refractivity contribution is -0.267. The molecule has 0 bridgehead atoms. The van der Waals surface area contributed by atoms with Gasteiger partial charge < -0.3 is 55.8 Å². The molecule has 6 atom stereocenters. The van der Waals surface area contributed by atoms with Crippen molar-refractivity contribution in [2.45, 2.75) is 201 Å². The second kappa shape index (κ2) is 24.1. The number of hydrogen-bond acceptors (Lipinski definition) is 11. The third-order valence-corrected chi connectivity index (χ3v) is 17.2. The predicted molar refractivity (Wildman–Crippen MR) is 294 cm³/mol. The zero-order chi connectivity index (χ0) is 66.2. The molecule has 2 saturated heterocycles. The summed E-state index contributed by atoms with van der Waals surface area (Å²) in [5, 5.41) is 19.9. The first-order valence-corrected chi connectivity index (χ1v) is 28.2. The third kappa shape index (κ3) is 14.1. The number of aliphatic hydroxyl groups is 2. The van der Waals surface area contributed by atoms with E-state index in [1.807, 2.05) is 0 Å². The fourth-order valence-electron chi connectivity index (χ4n) is 12.3. The highest BCUT2D eigenvalue weighted by molar-refractivity contribution is 5.51. The lowest BCUT2D eigenvalue weighted by atomic mass is 9.73. The zero-order valence-electron chi connectivity index (χ0n) is 49.8. The molecule has 11 nitrogen and oxygen atoms in total. The minimum absolute atomic E-state index is 0. The van der Waals surface area contributed by atoms with Gasteiger partial charge in [-0.1, -0.05) is 62.3 Å². The maximum atomic E-state index is 13.8. The van der Waals surface area contributed by atoms with E-state index >= 15 is 0 Å². The Labute approximate surface area is 501 Å². The van der Waals surface area contributed by atoms with Gasteiger partial charge in [0.25, 0.3) is 0 Å². The van der Waals surface area contributed by atoms with Gasteiger partial charge in [0.1, 0.15) is 58.7 Å². The number of alkyl halides is 12. The van der Waals surface area contributed by atoms with Gasteiger partial charge in [0.15, 0.2) is 11.2 Å². The Hall–Kier alpha value is -5.32. The smallest absolute Gasteiger partial charge is 0.421 e. The van der Waals surface area contributed by atoms with Crippen molar-refractivity contribution in [3.63, 3.8) is 0 Å². The molecule has 0 saturated carbocycles. The summed E-state index contributed by atoms with van der Waals surface area (Å²) in [6, 6.07) is 10.2. The van der Waals surface area contributed by atoms with Gasteiger partial charge in [0, 0.05) is 79.6 Å². The number of ether oxygens (including phenoxy) is 6. The molecule has 2 fully saturated rings. The van der Waals surface area contributed by atoms with Crippen LogP contribution in [0, 0.1) is 23.3 Å². The third-order valence-electron chi connectivity index (χ3n) is 17.2. The summed E-state index contributed by atoms with van der Waals surface area (Å²) in [7, 11) is 0. The van der Waals surface area contributed by atoms with Crippen molar-refractivity contribution in [3.8, 4) is 23.0 Å². The highest BCUT2D eigenvalue weighted by atomic mass is 19.4. The Kier molecular flexibility index (Phi) is 19.2. The van der Waals surface area contributed by atoms with Crippen LogP contribution < -0.4 is 36.1 Å². The molecule has 6 aliphatic heterocycles. The Balaban J connectivity index is 0.000000217.